The molecule has 1 aliphatic heterocycles. The first kappa shape index (κ1) is 19.5. The van der Waals surface area contributed by atoms with E-state index >= 15 is 0 Å². The Bertz CT molecular complexity index is 1020. The molecule has 2 aromatic carbocycles. The van der Waals surface area contributed by atoms with E-state index in [2.05, 4.69) is 11.9 Å². The largest absolute Gasteiger partial charge is 0.494 e. The number of carbonyl (C=O) groups is 1. The van der Waals surface area contributed by atoms with Crippen LogP contribution in [0.1, 0.15) is 23.2 Å². The number of carbonyl (C=O) groups excluding carboxylic acids is 1. The molecule has 0 fully saturated rings. The zero-order chi connectivity index (χ0) is 20.4. The molecule has 4 rings (SSSR count). The second-order valence-electron chi connectivity index (χ2n) is 7.09. The number of hydrogen-bond acceptors (Lipinski definition) is 5. The molecule has 0 saturated heterocycles. The minimum atomic E-state index is -0.494. The Kier molecular flexibility index (Phi) is 5.53. The molecule has 3 aromatic rings. The predicted molar refractivity (Wildman–Crippen MR) is 116 cm³/mol. The fourth-order valence-corrected chi connectivity index (χ4v) is 4.35. The molecule has 1 aliphatic rings. The molecular weight excluding hydrogens is 384 g/mol. The van der Waals surface area contributed by atoms with Gasteiger partial charge in [0.25, 0.3) is 5.91 Å². The van der Waals surface area contributed by atoms with Crippen molar-refractivity contribution in [2.45, 2.75) is 33.3 Å². The van der Waals surface area contributed by atoms with Crippen molar-refractivity contribution in [1.29, 1.82) is 0 Å². The number of para-hydroxylation sites is 1. The van der Waals surface area contributed by atoms with Crippen molar-refractivity contribution >= 4 is 22.9 Å². The number of fused-ring (bicyclic) bond motifs is 1. The number of aromatic nitrogens is 1. The summed E-state index contributed by atoms with van der Waals surface area (Å²) in [5.74, 6) is 1.54. The van der Waals surface area contributed by atoms with Crippen LogP contribution in [0.2, 0.25) is 0 Å². The third-order valence-corrected chi connectivity index (χ3v) is 5.77. The van der Waals surface area contributed by atoms with Crippen LogP contribution in [0, 0.1) is 13.8 Å². The van der Waals surface area contributed by atoms with Crippen molar-refractivity contribution in [3.63, 3.8) is 0 Å². The highest BCUT2D eigenvalue weighted by atomic mass is 32.1. The van der Waals surface area contributed by atoms with Gasteiger partial charge < -0.3 is 14.4 Å². The maximum absolute atomic E-state index is 12.8. The molecule has 0 spiro atoms. The Morgan fingerprint density at radius 3 is 2.69 bits per heavy atom. The highest BCUT2D eigenvalue weighted by Gasteiger charge is 2.31. The predicted octanol–water partition coefficient (Wildman–Crippen LogP) is 5.01. The van der Waals surface area contributed by atoms with Crippen LogP contribution in [0.25, 0.3) is 11.3 Å². The lowest BCUT2D eigenvalue weighted by atomic mass is 10.1. The fraction of sp³-hybridized carbons (Fsp3) is 0.304. The Morgan fingerprint density at radius 1 is 1.17 bits per heavy atom. The number of thiazole rings is 1. The van der Waals surface area contributed by atoms with Gasteiger partial charge in [0.05, 0.1) is 23.0 Å². The first-order chi connectivity index (χ1) is 14.0. The second kappa shape index (κ2) is 8.25. The van der Waals surface area contributed by atoms with Gasteiger partial charge in [-0.3, -0.25) is 4.79 Å². The molecule has 1 atom stereocenters. The standard InChI is InChI=1S/C23H24N2O3S/c1-15-23(26)25(12-7-13-27-19-8-5-4-6-9-19)20-14-18(10-11-21(20)28-15)22-16(2)29-17(3)24-22/h4-6,8-11,14-15H,7,12-13H2,1-3H3. The molecule has 0 saturated carbocycles. The van der Waals surface area contributed by atoms with E-state index in [9.17, 15) is 4.79 Å². The zero-order valence-electron chi connectivity index (χ0n) is 16.8. The third kappa shape index (κ3) is 4.12. The Hall–Kier alpha value is -2.86. The lowest BCUT2D eigenvalue weighted by Crippen LogP contribution is -2.45. The van der Waals surface area contributed by atoms with Crippen LogP contribution in [0.4, 0.5) is 5.69 Å². The third-order valence-electron chi connectivity index (χ3n) is 4.88. The summed E-state index contributed by atoms with van der Waals surface area (Å²) in [7, 11) is 0. The van der Waals surface area contributed by atoms with Gasteiger partial charge in [-0.2, -0.15) is 0 Å². The quantitative estimate of drug-likeness (QED) is 0.538. The molecular formula is C23H24N2O3S. The van der Waals surface area contributed by atoms with E-state index in [0.29, 0.717) is 13.2 Å². The first-order valence-electron chi connectivity index (χ1n) is 9.77. The van der Waals surface area contributed by atoms with Gasteiger partial charge in [0.1, 0.15) is 11.5 Å². The molecule has 0 aliphatic carbocycles. The Balaban J connectivity index is 1.53. The monoisotopic (exact) mass is 408 g/mol. The van der Waals surface area contributed by atoms with Crippen LogP contribution in [-0.2, 0) is 4.79 Å². The lowest BCUT2D eigenvalue weighted by molar-refractivity contribution is -0.125. The SMILES string of the molecule is Cc1nc(-c2ccc3c(c2)N(CCCOc2ccccc2)C(=O)C(C)O3)c(C)s1. The van der Waals surface area contributed by atoms with E-state index in [1.807, 2.05) is 60.4 Å². The summed E-state index contributed by atoms with van der Waals surface area (Å²) < 4.78 is 11.6. The smallest absolute Gasteiger partial charge is 0.267 e. The van der Waals surface area contributed by atoms with Gasteiger partial charge in [0, 0.05) is 17.0 Å². The minimum absolute atomic E-state index is 0.0273. The molecule has 0 bridgehead atoms. The van der Waals surface area contributed by atoms with Crippen LogP contribution in [-0.4, -0.2) is 30.1 Å². The van der Waals surface area contributed by atoms with Gasteiger partial charge >= 0.3 is 0 Å². The van der Waals surface area contributed by atoms with Crippen LogP contribution in [0.3, 0.4) is 0 Å². The molecule has 1 amide bonds. The van der Waals surface area contributed by atoms with E-state index < -0.39 is 6.10 Å². The summed E-state index contributed by atoms with van der Waals surface area (Å²) in [5.41, 5.74) is 2.77. The van der Waals surface area contributed by atoms with Crippen molar-refractivity contribution in [2.75, 3.05) is 18.1 Å². The summed E-state index contributed by atoms with van der Waals surface area (Å²) in [5, 5.41) is 1.03. The number of rotatable bonds is 6. The van der Waals surface area contributed by atoms with E-state index in [0.717, 1.165) is 39.9 Å². The maximum Gasteiger partial charge on any atom is 0.267 e. The van der Waals surface area contributed by atoms with E-state index in [4.69, 9.17) is 9.47 Å². The number of nitrogens with zero attached hydrogens (tertiary/aromatic N) is 2. The van der Waals surface area contributed by atoms with Crippen molar-refractivity contribution < 1.29 is 14.3 Å². The molecule has 29 heavy (non-hydrogen) atoms. The van der Waals surface area contributed by atoms with Crippen LogP contribution in [0.15, 0.2) is 48.5 Å². The highest BCUT2D eigenvalue weighted by molar-refractivity contribution is 7.11. The van der Waals surface area contributed by atoms with Gasteiger partial charge in [-0.25, -0.2) is 4.98 Å². The van der Waals surface area contributed by atoms with Crippen molar-refractivity contribution in [3.8, 4) is 22.8 Å². The van der Waals surface area contributed by atoms with Crippen molar-refractivity contribution in [1.82, 2.24) is 4.98 Å². The lowest BCUT2D eigenvalue weighted by Gasteiger charge is -2.33. The molecule has 0 radical (unpaired) electrons. The summed E-state index contributed by atoms with van der Waals surface area (Å²) >= 11 is 1.68. The van der Waals surface area contributed by atoms with Crippen molar-refractivity contribution in [2.24, 2.45) is 0 Å². The number of amides is 1. The number of hydrogen-bond donors (Lipinski definition) is 0. The highest BCUT2D eigenvalue weighted by Crippen LogP contribution is 2.38. The normalized spacial score (nSPS) is 15.8. The average molecular weight is 409 g/mol. The molecule has 6 heteroatoms. The zero-order valence-corrected chi connectivity index (χ0v) is 17.7. The number of aryl methyl sites for hydroxylation is 2. The molecule has 0 N–H and O–H groups in total. The summed E-state index contributed by atoms with van der Waals surface area (Å²) in [4.78, 5) is 20.5. The maximum atomic E-state index is 12.8. The van der Waals surface area contributed by atoms with E-state index in [1.165, 1.54) is 4.88 Å². The van der Waals surface area contributed by atoms with E-state index in [-0.39, 0.29) is 5.91 Å². The Morgan fingerprint density at radius 2 is 1.97 bits per heavy atom. The molecule has 1 aromatic heterocycles. The van der Waals surface area contributed by atoms with E-state index in [1.54, 1.807) is 18.3 Å². The van der Waals surface area contributed by atoms with Gasteiger partial charge in [0.15, 0.2) is 6.10 Å². The molecule has 5 nitrogen and oxygen atoms in total. The van der Waals surface area contributed by atoms with Gasteiger partial charge in [-0.15, -0.1) is 11.3 Å². The van der Waals surface area contributed by atoms with Crippen molar-refractivity contribution in [3.05, 3.63) is 58.4 Å². The van der Waals surface area contributed by atoms with Crippen LogP contribution >= 0.6 is 11.3 Å². The first-order valence-corrected chi connectivity index (χ1v) is 10.6. The molecule has 2 heterocycles. The van der Waals surface area contributed by atoms with Crippen LogP contribution in [0.5, 0.6) is 11.5 Å². The summed E-state index contributed by atoms with van der Waals surface area (Å²) in [6.45, 7) is 6.99. The molecule has 150 valence electrons. The summed E-state index contributed by atoms with van der Waals surface area (Å²) in [6, 6.07) is 15.7. The fourth-order valence-electron chi connectivity index (χ4n) is 3.51. The molecule has 1 unspecified atom stereocenters. The topological polar surface area (TPSA) is 51.7 Å². The van der Waals surface area contributed by atoms with Crippen LogP contribution < -0.4 is 14.4 Å². The Labute approximate surface area is 174 Å². The number of anilines is 1. The second-order valence-corrected chi connectivity index (χ2v) is 8.49. The minimum Gasteiger partial charge on any atom is -0.494 e. The van der Waals surface area contributed by atoms with Gasteiger partial charge in [0.2, 0.25) is 0 Å². The number of ether oxygens (including phenoxy) is 2. The summed E-state index contributed by atoms with van der Waals surface area (Å²) in [6.07, 6.45) is 0.234. The van der Waals surface area contributed by atoms with Gasteiger partial charge in [-0.1, -0.05) is 18.2 Å². The number of benzene rings is 2. The van der Waals surface area contributed by atoms with Gasteiger partial charge in [-0.05, 0) is 57.5 Å². The average Bonchev–Trinajstić information content (AvgIpc) is 3.06.